The highest BCUT2D eigenvalue weighted by Gasteiger charge is 2.34. The molecule has 0 unspecified atom stereocenters. The van der Waals surface area contributed by atoms with Gasteiger partial charge in [0, 0.05) is 38.6 Å². The van der Waals surface area contributed by atoms with Crippen LogP contribution in [0.15, 0.2) is 48.8 Å². The molecule has 0 amide bonds. The van der Waals surface area contributed by atoms with Crippen molar-refractivity contribution < 1.29 is 4.74 Å². The lowest BCUT2D eigenvalue weighted by Gasteiger charge is -2.27. The topological polar surface area (TPSA) is 49.1 Å². The van der Waals surface area contributed by atoms with E-state index in [0.717, 1.165) is 25.9 Å². The average Bonchev–Trinajstić information content (AvgIpc) is 2.97. The summed E-state index contributed by atoms with van der Waals surface area (Å²) >= 11 is 0. The minimum absolute atomic E-state index is 0.245. The molecule has 4 heteroatoms. The zero-order chi connectivity index (χ0) is 16.1. The minimum Gasteiger partial charge on any atom is -0.380 e. The van der Waals surface area contributed by atoms with Gasteiger partial charge in [-0.3, -0.25) is 9.88 Å². The van der Waals surface area contributed by atoms with Gasteiger partial charge in [-0.2, -0.15) is 5.26 Å². The van der Waals surface area contributed by atoms with Crippen molar-refractivity contribution in [1.29, 1.82) is 5.26 Å². The van der Waals surface area contributed by atoms with Crippen LogP contribution < -0.4 is 0 Å². The molecule has 2 heterocycles. The van der Waals surface area contributed by atoms with Crippen LogP contribution in [0.5, 0.6) is 0 Å². The number of benzene rings is 1. The third-order valence-corrected chi connectivity index (χ3v) is 4.51. The van der Waals surface area contributed by atoms with Crippen molar-refractivity contribution in [3.63, 3.8) is 0 Å². The number of aromatic nitrogens is 1. The first-order valence-electron chi connectivity index (χ1n) is 7.95. The molecule has 23 heavy (non-hydrogen) atoms. The second-order valence-electron chi connectivity index (χ2n) is 5.98. The molecule has 2 aromatic rings. The van der Waals surface area contributed by atoms with E-state index in [4.69, 9.17) is 10.00 Å². The van der Waals surface area contributed by atoms with Gasteiger partial charge in [-0.25, -0.2) is 0 Å². The molecular weight excluding hydrogens is 286 g/mol. The Bertz CT molecular complexity index is 681. The Morgan fingerprint density at radius 2 is 2.17 bits per heavy atom. The lowest BCUT2D eigenvalue weighted by atomic mass is 10.0. The summed E-state index contributed by atoms with van der Waals surface area (Å²) in [6.45, 7) is 1.86. The van der Waals surface area contributed by atoms with E-state index in [1.54, 1.807) is 13.3 Å². The van der Waals surface area contributed by atoms with E-state index in [1.807, 2.05) is 30.5 Å². The normalized spacial score (nSPS) is 21.2. The second kappa shape index (κ2) is 7.36. The van der Waals surface area contributed by atoms with Gasteiger partial charge in [-0.1, -0.05) is 18.2 Å². The van der Waals surface area contributed by atoms with E-state index in [0.29, 0.717) is 11.6 Å². The lowest BCUT2D eigenvalue weighted by molar-refractivity contribution is 0.0638. The zero-order valence-electron chi connectivity index (χ0n) is 13.4. The summed E-state index contributed by atoms with van der Waals surface area (Å²) in [5, 5.41) is 9.06. The Kier molecular flexibility index (Phi) is 5.02. The molecule has 0 radical (unpaired) electrons. The molecular formula is C19H21N3O. The summed E-state index contributed by atoms with van der Waals surface area (Å²) < 4.78 is 5.69. The summed E-state index contributed by atoms with van der Waals surface area (Å²) in [5.41, 5.74) is 3.13. The fourth-order valence-electron chi connectivity index (χ4n) is 3.35. The van der Waals surface area contributed by atoms with E-state index >= 15 is 0 Å². The molecule has 1 saturated heterocycles. The SMILES string of the molecule is CO[C@@H]1CCN(Cc2cccc(C#N)c2)[C@@H]1Cc1cccnc1. The highest BCUT2D eigenvalue weighted by molar-refractivity contribution is 5.32. The quantitative estimate of drug-likeness (QED) is 0.852. The van der Waals surface area contributed by atoms with Gasteiger partial charge in [0.05, 0.1) is 17.7 Å². The molecule has 118 valence electrons. The summed E-state index contributed by atoms with van der Waals surface area (Å²) in [5.74, 6) is 0. The Labute approximate surface area is 137 Å². The highest BCUT2D eigenvalue weighted by atomic mass is 16.5. The van der Waals surface area contributed by atoms with Gasteiger partial charge in [0.25, 0.3) is 0 Å². The minimum atomic E-state index is 0.245. The van der Waals surface area contributed by atoms with E-state index in [1.165, 1.54) is 11.1 Å². The molecule has 2 atom stereocenters. The fourth-order valence-corrected chi connectivity index (χ4v) is 3.35. The standard InChI is InChI=1S/C19H21N3O/c1-23-19-7-9-22(14-17-5-2-4-15(10-17)12-20)18(19)11-16-6-3-8-21-13-16/h2-6,8,10,13,18-19H,7,9,11,14H2,1H3/t18-,19-/m1/s1. The molecule has 0 bridgehead atoms. The molecule has 1 aliphatic rings. The molecule has 0 N–H and O–H groups in total. The van der Waals surface area contributed by atoms with Crippen molar-refractivity contribution in [1.82, 2.24) is 9.88 Å². The van der Waals surface area contributed by atoms with Crippen LogP contribution in [0.4, 0.5) is 0 Å². The number of pyridine rings is 1. The summed E-state index contributed by atoms with van der Waals surface area (Å²) in [6.07, 6.45) is 5.95. The zero-order valence-corrected chi connectivity index (χ0v) is 13.4. The van der Waals surface area contributed by atoms with Crippen molar-refractivity contribution >= 4 is 0 Å². The van der Waals surface area contributed by atoms with E-state index in [9.17, 15) is 0 Å². The molecule has 1 aromatic heterocycles. The van der Waals surface area contributed by atoms with Gasteiger partial charge >= 0.3 is 0 Å². The van der Waals surface area contributed by atoms with Crippen molar-refractivity contribution in [2.75, 3.05) is 13.7 Å². The summed E-state index contributed by atoms with van der Waals surface area (Å²) in [6, 6.07) is 14.5. The average molecular weight is 307 g/mol. The monoisotopic (exact) mass is 307 g/mol. The van der Waals surface area contributed by atoms with Gasteiger partial charge in [-0.05, 0) is 42.2 Å². The van der Waals surface area contributed by atoms with Crippen LogP contribution in [-0.4, -0.2) is 35.7 Å². The number of nitriles is 1. The highest BCUT2D eigenvalue weighted by Crippen LogP contribution is 2.25. The third-order valence-electron chi connectivity index (χ3n) is 4.51. The second-order valence-corrected chi connectivity index (χ2v) is 5.98. The number of rotatable bonds is 5. The number of hydrogen-bond acceptors (Lipinski definition) is 4. The molecule has 0 aliphatic carbocycles. The third kappa shape index (κ3) is 3.76. The Hall–Kier alpha value is -2.22. The molecule has 1 aromatic carbocycles. The van der Waals surface area contributed by atoms with Crippen molar-refractivity contribution in [2.45, 2.75) is 31.5 Å². The maximum absolute atomic E-state index is 9.06. The molecule has 0 saturated carbocycles. The van der Waals surface area contributed by atoms with Gasteiger partial charge < -0.3 is 4.74 Å². The number of likely N-dealkylation sites (tertiary alicyclic amines) is 1. The number of methoxy groups -OCH3 is 1. The van der Waals surface area contributed by atoms with Crippen LogP contribution >= 0.6 is 0 Å². The van der Waals surface area contributed by atoms with Crippen LogP contribution in [0.2, 0.25) is 0 Å². The maximum atomic E-state index is 9.06. The summed E-state index contributed by atoms with van der Waals surface area (Å²) in [7, 11) is 1.79. The first-order valence-corrected chi connectivity index (χ1v) is 7.95. The number of hydrogen-bond donors (Lipinski definition) is 0. The Morgan fingerprint density at radius 1 is 1.30 bits per heavy atom. The van der Waals surface area contributed by atoms with Gasteiger partial charge in [-0.15, -0.1) is 0 Å². The summed E-state index contributed by atoms with van der Waals surface area (Å²) in [4.78, 5) is 6.67. The van der Waals surface area contributed by atoms with Gasteiger partial charge in [0.15, 0.2) is 0 Å². The van der Waals surface area contributed by atoms with Crippen LogP contribution in [0.3, 0.4) is 0 Å². The first kappa shape index (κ1) is 15.7. The Morgan fingerprint density at radius 3 is 2.91 bits per heavy atom. The van der Waals surface area contributed by atoms with E-state index < -0.39 is 0 Å². The molecule has 4 nitrogen and oxygen atoms in total. The number of nitrogens with zero attached hydrogens (tertiary/aromatic N) is 3. The van der Waals surface area contributed by atoms with E-state index in [-0.39, 0.29) is 6.10 Å². The van der Waals surface area contributed by atoms with Gasteiger partial charge in [0.2, 0.25) is 0 Å². The van der Waals surface area contributed by atoms with E-state index in [2.05, 4.69) is 28.1 Å². The van der Waals surface area contributed by atoms with Crippen molar-refractivity contribution in [3.8, 4) is 6.07 Å². The molecule has 1 fully saturated rings. The largest absolute Gasteiger partial charge is 0.380 e. The van der Waals surface area contributed by atoms with Crippen LogP contribution in [-0.2, 0) is 17.7 Å². The molecule has 1 aliphatic heterocycles. The fraction of sp³-hybridized carbons (Fsp3) is 0.368. The molecule has 3 rings (SSSR count). The molecule has 0 spiro atoms. The van der Waals surface area contributed by atoms with Crippen LogP contribution in [0.1, 0.15) is 23.1 Å². The van der Waals surface area contributed by atoms with Gasteiger partial charge in [0.1, 0.15) is 0 Å². The first-order chi connectivity index (χ1) is 11.3. The maximum Gasteiger partial charge on any atom is 0.0991 e. The lowest BCUT2D eigenvalue weighted by Crippen LogP contribution is -2.37. The van der Waals surface area contributed by atoms with Crippen molar-refractivity contribution in [3.05, 3.63) is 65.5 Å². The van der Waals surface area contributed by atoms with Crippen LogP contribution in [0.25, 0.3) is 0 Å². The Balaban J connectivity index is 1.75. The predicted molar refractivity (Wildman–Crippen MR) is 88.7 cm³/mol. The van der Waals surface area contributed by atoms with Crippen molar-refractivity contribution in [2.24, 2.45) is 0 Å². The van der Waals surface area contributed by atoms with Crippen LogP contribution in [0, 0.1) is 11.3 Å². The number of ether oxygens (including phenoxy) is 1. The predicted octanol–water partition coefficient (Wildman–Crippen LogP) is 2.79. The smallest absolute Gasteiger partial charge is 0.0991 e.